The number of methoxy groups -OCH3 is 1. The van der Waals surface area contributed by atoms with Crippen molar-refractivity contribution in [2.75, 3.05) is 21.2 Å². The molecule has 0 saturated heterocycles. The second-order valence-electron chi connectivity index (χ2n) is 5.56. The molecular formula is C18H22FN3O3. The van der Waals surface area contributed by atoms with Crippen molar-refractivity contribution in [1.29, 1.82) is 0 Å². The summed E-state index contributed by atoms with van der Waals surface area (Å²) in [5, 5.41) is 3.17. The summed E-state index contributed by atoms with van der Waals surface area (Å²) >= 11 is 0. The van der Waals surface area contributed by atoms with Crippen LogP contribution in [0.1, 0.15) is 27.4 Å². The molecule has 0 aliphatic carbocycles. The van der Waals surface area contributed by atoms with Gasteiger partial charge >= 0.3 is 5.97 Å². The molecule has 0 spiro atoms. The number of nitrogens with zero attached hydrogens (tertiary/aromatic N) is 2. The molecule has 0 radical (unpaired) electrons. The van der Waals surface area contributed by atoms with E-state index in [9.17, 15) is 9.18 Å². The molecule has 1 N–H and O–H groups in total. The SMILES string of the molecule is CN=C(NCc1cc(C(=O)OC)c(C)o1)N(C)Cc1ccc(F)cc1. The molecule has 2 rings (SSSR count). The van der Waals surface area contributed by atoms with Gasteiger partial charge < -0.3 is 19.4 Å². The molecular weight excluding hydrogens is 325 g/mol. The second-order valence-corrected chi connectivity index (χ2v) is 5.56. The van der Waals surface area contributed by atoms with E-state index in [0.717, 1.165) is 5.56 Å². The van der Waals surface area contributed by atoms with Crippen molar-refractivity contribution in [2.24, 2.45) is 4.99 Å². The van der Waals surface area contributed by atoms with Crippen molar-refractivity contribution in [2.45, 2.75) is 20.0 Å². The van der Waals surface area contributed by atoms with Crippen molar-refractivity contribution in [3.05, 3.63) is 58.8 Å². The molecule has 6 nitrogen and oxygen atoms in total. The van der Waals surface area contributed by atoms with Gasteiger partial charge in [-0.25, -0.2) is 9.18 Å². The monoisotopic (exact) mass is 347 g/mol. The Morgan fingerprint density at radius 1 is 1.36 bits per heavy atom. The second kappa shape index (κ2) is 8.32. The maximum Gasteiger partial charge on any atom is 0.341 e. The zero-order chi connectivity index (χ0) is 18.4. The van der Waals surface area contributed by atoms with E-state index in [0.29, 0.717) is 36.1 Å². The zero-order valence-corrected chi connectivity index (χ0v) is 14.8. The number of halogens is 1. The first-order chi connectivity index (χ1) is 11.9. The third kappa shape index (κ3) is 4.82. The highest BCUT2D eigenvalue weighted by atomic mass is 19.1. The number of hydrogen-bond donors (Lipinski definition) is 1. The summed E-state index contributed by atoms with van der Waals surface area (Å²) in [6.07, 6.45) is 0. The average Bonchev–Trinajstić information content (AvgIpc) is 2.97. The normalized spacial score (nSPS) is 11.3. The lowest BCUT2D eigenvalue weighted by molar-refractivity contribution is 0.0599. The number of aryl methyl sites for hydroxylation is 1. The number of guanidine groups is 1. The number of aliphatic imine (C=N–C) groups is 1. The smallest absolute Gasteiger partial charge is 0.341 e. The molecule has 0 aliphatic rings. The maximum absolute atomic E-state index is 13.0. The van der Waals surface area contributed by atoms with Gasteiger partial charge in [0.05, 0.1) is 13.7 Å². The number of nitrogens with one attached hydrogen (secondary N) is 1. The van der Waals surface area contributed by atoms with E-state index in [2.05, 4.69) is 10.3 Å². The van der Waals surface area contributed by atoms with Gasteiger partial charge in [0.2, 0.25) is 0 Å². The number of hydrogen-bond acceptors (Lipinski definition) is 4. The number of carbonyl (C=O) groups is 1. The Labute approximate surface area is 146 Å². The van der Waals surface area contributed by atoms with E-state index >= 15 is 0 Å². The molecule has 25 heavy (non-hydrogen) atoms. The van der Waals surface area contributed by atoms with E-state index in [-0.39, 0.29) is 5.82 Å². The molecule has 134 valence electrons. The fourth-order valence-corrected chi connectivity index (χ4v) is 2.43. The fraction of sp³-hybridized carbons (Fsp3) is 0.333. The molecule has 7 heteroatoms. The molecule has 1 heterocycles. The summed E-state index contributed by atoms with van der Waals surface area (Å²) in [7, 11) is 4.89. The first-order valence-corrected chi connectivity index (χ1v) is 7.78. The number of rotatable bonds is 5. The molecule has 0 unspecified atom stereocenters. The van der Waals surface area contributed by atoms with E-state index in [1.54, 1.807) is 32.2 Å². The number of furan rings is 1. The van der Waals surface area contributed by atoms with Crippen LogP contribution < -0.4 is 5.32 Å². The highest BCUT2D eigenvalue weighted by Crippen LogP contribution is 2.15. The van der Waals surface area contributed by atoms with Crippen LogP contribution in [0.15, 0.2) is 39.7 Å². The fourth-order valence-electron chi connectivity index (χ4n) is 2.43. The van der Waals surface area contributed by atoms with Crippen molar-refractivity contribution < 1.29 is 18.3 Å². The Kier molecular flexibility index (Phi) is 6.16. The number of ether oxygens (including phenoxy) is 1. The van der Waals surface area contributed by atoms with Crippen LogP contribution in [-0.2, 0) is 17.8 Å². The molecule has 1 aromatic carbocycles. The first kappa shape index (κ1) is 18.5. The summed E-state index contributed by atoms with van der Waals surface area (Å²) in [5.41, 5.74) is 1.38. The van der Waals surface area contributed by atoms with Crippen LogP contribution in [0.2, 0.25) is 0 Å². The predicted molar refractivity (Wildman–Crippen MR) is 92.9 cm³/mol. The lowest BCUT2D eigenvalue weighted by atomic mass is 10.2. The number of carbonyl (C=O) groups excluding carboxylic acids is 1. The summed E-state index contributed by atoms with van der Waals surface area (Å²) in [4.78, 5) is 17.7. The van der Waals surface area contributed by atoms with Gasteiger partial charge in [0, 0.05) is 20.6 Å². The molecule has 1 aromatic heterocycles. The highest BCUT2D eigenvalue weighted by molar-refractivity contribution is 5.90. The molecule has 0 saturated carbocycles. The Bertz CT molecular complexity index is 753. The predicted octanol–water partition coefficient (Wildman–Crippen LogP) is 2.72. The van der Waals surface area contributed by atoms with Crippen molar-refractivity contribution in [3.8, 4) is 0 Å². The van der Waals surface area contributed by atoms with Gasteiger partial charge in [-0.1, -0.05) is 12.1 Å². The van der Waals surface area contributed by atoms with Gasteiger partial charge in [0.25, 0.3) is 0 Å². The standard InChI is InChI=1S/C18H22FN3O3/c1-12-16(17(23)24-4)9-15(25-12)10-21-18(20-2)22(3)11-13-5-7-14(19)8-6-13/h5-9H,10-11H2,1-4H3,(H,20,21). The van der Waals surface area contributed by atoms with Gasteiger partial charge in [-0.05, 0) is 30.7 Å². The molecule has 0 bridgehead atoms. The summed E-state index contributed by atoms with van der Waals surface area (Å²) in [5.74, 6) is 1.08. The Morgan fingerprint density at radius 3 is 2.64 bits per heavy atom. The van der Waals surface area contributed by atoms with Crippen LogP contribution in [0.5, 0.6) is 0 Å². The minimum absolute atomic E-state index is 0.261. The molecule has 2 aromatic rings. The van der Waals surface area contributed by atoms with Crippen molar-refractivity contribution in [1.82, 2.24) is 10.2 Å². The largest absolute Gasteiger partial charge is 0.465 e. The Hall–Kier alpha value is -2.83. The lowest BCUT2D eigenvalue weighted by Gasteiger charge is -2.21. The van der Waals surface area contributed by atoms with Crippen LogP contribution in [0.4, 0.5) is 4.39 Å². The van der Waals surface area contributed by atoms with Crippen LogP contribution in [0, 0.1) is 12.7 Å². The number of benzene rings is 1. The van der Waals surface area contributed by atoms with Crippen LogP contribution in [0.25, 0.3) is 0 Å². The maximum atomic E-state index is 13.0. The van der Waals surface area contributed by atoms with Gasteiger partial charge in [0.15, 0.2) is 5.96 Å². The van der Waals surface area contributed by atoms with E-state index in [1.165, 1.54) is 19.2 Å². The Morgan fingerprint density at radius 2 is 2.04 bits per heavy atom. The van der Waals surface area contributed by atoms with E-state index in [4.69, 9.17) is 9.15 Å². The van der Waals surface area contributed by atoms with E-state index < -0.39 is 5.97 Å². The molecule has 0 fully saturated rings. The van der Waals surface area contributed by atoms with Gasteiger partial charge in [0.1, 0.15) is 22.9 Å². The first-order valence-electron chi connectivity index (χ1n) is 7.78. The van der Waals surface area contributed by atoms with Crippen LogP contribution in [-0.4, -0.2) is 38.0 Å². The van der Waals surface area contributed by atoms with Crippen molar-refractivity contribution in [3.63, 3.8) is 0 Å². The zero-order valence-electron chi connectivity index (χ0n) is 14.8. The quantitative estimate of drug-likeness (QED) is 0.512. The average molecular weight is 347 g/mol. The number of esters is 1. The Balaban J connectivity index is 1.98. The molecule has 0 aliphatic heterocycles. The van der Waals surface area contributed by atoms with Crippen molar-refractivity contribution >= 4 is 11.9 Å². The molecule has 0 atom stereocenters. The minimum Gasteiger partial charge on any atom is -0.465 e. The minimum atomic E-state index is -0.426. The lowest BCUT2D eigenvalue weighted by Crippen LogP contribution is -2.37. The van der Waals surface area contributed by atoms with Gasteiger partial charge in [-0.2, -0.15) is 0 Å². The third-order valence-corrected chi connectivity index (χ3v) is 3.70. The van der Waals surface area contributed by atoms with Gasteiger partial charge in [-0.3, -0.25) is 4.99 Å². The topological polar surface area (TPSA) is 67.1 Å². The van der Waals surface area contributed by atoms with Gasteiger partial charge in [-0.15, -0.1) is 0 Å². The molecule has 0 amide bonds. The van der Waals surface area contributed by atoms with Crippen LogP contribution in [0.3, 0.4) is 0 Å². The summed E-state index contributed by atoms with van der Waals surface area (Å²) in [6, 6.07) is 7.98. The highest BCUT2D eigenvalue weighted by Gasteiger charge is 2.16. The summed E-state index contributed by atoms with van der Waals surface area (Å²) in [6.45, 7) is 2.66. The summed E-state index contributed by atoms with van der Waals surface area (Å²) < 4.78 is 23.3. The third-order valence-electron chi connectivity index (χ3n) is 3.70. The van der Waals surface area contributed by atoms with Crippen LogP contribution >= 0.6 is 0 Å². The van der Waals surface area contributed by atoms with E-state index in [1.807, 2.05) is 11.9 Å².